The molecule has 0 fully saturated rings. The minimum atomic E-state index is -3.77. The van der Waals surface area contributed by atoms with Crippen molar-refractivity contribution in [3.63, 3.8) is 0 Å². The molecular formula is C23H26N2O6S2. The average molecular weight is 491 g/mol. The molecule has 0 bridgehead atoms. The Morgan fingerprint density at radius 1 is 0.879 bits per heavy atom. The number of carbonyl (C=O) groups excluding carboxylic acids is 1. The van der Waals surface area contributed by atoms with E-state index in [1.165, 1.54) is 6.07 Å². The van der Waals surface area contributed by atoms with E-state index in [-0.39, 0.29) is 15.5 Å². The van der Waals surface area contributed by atoms with Crippen LogP contribution in [0.3, 0.4) is 0 Å². The summed E-state index contributed by atoms with van der Waals surface area (Å²) in [6.07, 6.45) is 0. The fraction of sp³-hybridized carbons (Fsp3) is 0.261. The van der Waals surface area contributed by atoms with Crippen LogP contribution in [0.1, 0.15) is 31.1 Å². The largest absolute Gasteiger partial charge is 0.490 e. The van der Waals surface area contributed by atoms with Gasteiger partial charge in [0, 0.05) is 5.56 Å². The van der Waals surface area contributed by atoms with Crippen molar-refractivity contribution < 1.29 is 27.4 Å². The van der Waals surface area contributed by atoms with Gasteiger partial charge in [-0.05, 0) is 56.5 Å². The average Bonchev–Trinajstić information content (AvgIpc) is 3.33. The van der Waals surface area contributed by atoms with E-state index in [9.17, 15) is 13.2 Å². The molecule has 1 amide bonds. The summed E-state index contributed by atoms with van der Waals surface area (Å²) in [5.41, 5.74) is 0.842. The SMILES string of the molecule is CCOc1cc(C(=O)Nc2ccccc2NS(=O)(=O)c2cccs2)cc(OCC)c1OCC. The summed E-state index contributed by atoms with van der Waals surface area (Å²) in [7, 11) is -3.77. The number of hydrogen-bond donors (Lipinski definition) is 2. The van der Waals surface area contributed by atoms with Crippen molar-refractivity contribution in [2.45, 2.75) is 25.0 Å². The van der Waals surface area contributed by atoms with Gasteiger partial charge in [-0.25, -0.2) is 8.42 Å². The van der Waals surface area contributed by atoms with Crippen LogP contribution in [0.15, 0.2) is 58.1 Å². The third-order valence-electron chi connectivity index (χ3n) is 4.35. The Bertz CT molecular complexity index is 1170. The van der Waals surface area contributed by atoms with E-state index in [1.807, 2.05) is 20.8 Å². The highest BCUT2D eigenvalue weighted by molar-refractivity contribution is 7.94. The van der Waals surface area contributed by atoms with Crippen LogP contribution in [0.2, 0.25) is 0 Å². The summed E-state index contributed by atoms with van der Waals surface area (Å²) < 4.78 is 45.0. The van der Waals surface area contributed by atoms with Gasteiger partial charge < -0.3 is 19.5 Å². The molecule has 1 aromatic heterocycles. The number of sulfonamides is 1. The van der Waals surface area contributed by atoms with Crippen molar-refractivity contribution in [3.05, 3.63) is 59.5 Å². The van der Waals surface area contributed by atoms with Gasteiger partial charge >= 0.3 is 0 Å². The number of benzene rings is 2. The van der Waals surface area contributed by atoms with Gasteiger partial charge in [-0.15, -0.1) is 11.3 Å². The fourth-order valence-electron chi connectivity index (χ4n) is 3.01. The summed E-state index contributed by atoms with van der Waals surface area (Å²) in [5, 5.41) is 4.45. The predicted molar refractivity (Wildman–Crippen MR) is 129 cm³/mol. The van der Waals surface area contributed by atoms with E-state index >= 15 is 0 Å². The minimum Gasteiger partial charge on any atom is -0.490 e. The topological polar surface area (TPSA) is 103 Å². The fourth-order valence-corrected chi connectivity index (χ4v) is 5.08. The smallest absolute Gasteiger partial charge is 0.271 e. The van der Waals surface area contributed by atoms with Crippen LogP contribution in [0.25, 0.3) is 0 Å². The second-order valence-corrected chi connectivity index (χ2v) is 9.49. The number of para-hydroxylation sites is 2. The van der Waals surface area contributed by atoms with Crippen molar-refractivity contribution in [1.82, 2.24) is 0 Å². The number of rotatable bonds is 11. The van der Waals surface area contributed by atoms with E-state index in [0.29, 0.717) is 42.8 Å². The third-order valence-corrected chi connectivity index (χ3v) is 7.11. The molecule has 2 N–H and O–H groups in total. The number of amides is 1. The van der Waals surface area contributed by atoms with Gasteiger partial charge in [0.25, 0.3) is 15.9 Å². The summed E-state index contributed by atoms with van der Waals surface area (Å²) >= 11 is 1.11. The van der Waals surface area contributed by atoms with E-state index in [1.54, 1.807) is 47.8 Å². The van der Waals surface area contributed by atoms with Crippen LogP contribution in [-0.4, -0.2) is 34.1 Å². The summed E-state index contributed by atoms with van der Waals surface area (Å²) in [5.74, 6) is 0.758. The van der Waals surface area contributed by atoms with E-state index in [4.69, 9.17) is 14.2 Å². The molecule has 10 heteroatoms. The Labute approximate surface area is 197 Å². The van der Waals surface area contributed by atoms with Crippen molar-refractivity contribution >= 4 is 38.6 Å². The lowest BCUT2D eigenvalue weighted by Crippen LogP contribution is -2.17. The Hall–Kier alpha value is -3.24. The Morgan fingerprint density at radius 2 is 1.48 bits per heavy atom. The van der Waals surface area contributed by atoms with Gasteiger partial charge in [0.2, 0.25) is 5.75 Å². The van der Waals surface area contributed by atoms with Crippen LogP contribution in [0.5, 0.6) is 17.2 Å². The molecule has 0 aliphatic rings. The lowest BCUT2D eigenvalue weighted by Gasteiger charge is -2.17. The monoisotopic (exact) mass is 490 g/mol. The zero-order chi connectivity index (χ0) is 23.8. The van der Waals surface area contributed by atoms with Crippen LogP contribution in [-0.2, 0) is 10.0 Å². The van der Waals surface area contributed by atoms with Crippen molar-refractivity contribution in [1.29, 1.82) is 0 Å². The number of hydrogen-bond acceptors (Lipinski definition) is 7. The number of ether oxygens (including phenoxy) is 3. The van der Waals surface area contributed by atoms with Crippen molar-refractivity contribution in [2.24, 2.45) is 0 Å². The van der Waals surface area contributed by atoms with Crippen LogP contribution < -0.4 is 24.2 Å². The van der Waals surface area contributed by atoms with Crippen LogP contribution in [0, 0.1) is 0 Å². The molecule has 0 unspecified atom stereocenters. The molecule has 1 heterocycles. The Kier molecular flexibility index (Phi) is 8.18. The highest BCUT2D eigenvalue weighted by Crippen LogP contribution is 2.39. The van der Waals surface area contributed by atoms with Crippen LogP contribution in [0.4, 0.5) is 11.4 Å². The maximum Gasteiger partial charge on any atom is 0.271 e. The maximum atomic E-state index is 13.1. The van der Waals surface area contributed by atoms with E-state index in [0.717, 1.165) is 11.3 Å². The summed E-state index contributed by atoms with van der Waals surface area (Å²) in [6, 6.07) is 12.9. The first-order valence-corrected chi connectivity index (χ1v) is 12.8. The molecule has 8 nitrogen and oxygen atoms in total. The van der Waals surface area contributed by atoms with E-state index < -0.39 is 15.9 Å². The molecule has 33 heavy (non-hydrogen) atoms. The lowest BCUT2D eigenvalue weighted by molar-refractivity contribution is 0.102. The van der Waals surface area contributed by atoms with Gasteiger partial charge in [0.15, 0.2) is 11.5 Å². The van der Waals surface area contributed by atoms with Gasteiger partial charge in [-0.3, -0.25) is 9.52 Å². The minimum absolute atomic E-state index is 0.179. The molecule has 2 aromatic carbocycles. The molecule has 0 radical (unpaired) electrons. The highest BCUT2D eigenvalue weighted by atomic mass is 32.2. The standard InChI is InChI=1S/C23H26N2O6S2/c1-4-29-19-14-16(15-20(30-5-2)22(19)31-6-3)23(26)24-17-10-7-8-11-18(17)25-33(27,28)21-12-9-13-32-21/h7-15,25H,4-6H2,1-3H3,(H,24,26). The number of thiophene rings is 1. The summed E-state index contributed by atoms with van der Waals surface area (Å²) in [4.78, 5) is 13.1. The molecule has 0 aliphatic carbocycles. The number of carbonyl (C=O) groups is 1. The Balaban J connectivity index is 1.91. The zero-order valence-corrected chi connectivity index (χ0v) is 20.2. The quantitative estimate of drug-likeness (QED) is 0.392. The second kappa shape index (κ2) is 11.1. The van der Waals surface area contributed by atoms with Crippen molar-refractivity contribution in [2.75, 3.05) is 29.9 Å². The lowest BCUT2D eigenvalue weighted by atomic mass is 10.1. The van der Waals surface area contributed by atoms with Gasteiger partial charge in [0.05, 0.1) is 31.2 Å². The van der Waals surface area contributed by atoms with Crippen LogP contribution >= 0.6 is 11.3 Å². The summed E-state index contributed by atoms with van der Waals surface area (Å²) in [6.45, 7) is 6.68. The molecule has 0 aliphatic heterocycles. The number of anilines is 2. The first-order chi connectivity index (χ1) is 15.9. The third kappa shape index (κ3) is 5.96. The second-order valence-electron chi connectivity index (χ2n) is 6.64. The number of nitrogens with one attached hydrogen (secondary N) is 2. The molecule has 176 valence electrons. The molecule has 0 saturated carbocycles. The molecule has 3 rings (SSSR count). The zero-order valence-electron chi connectivity index (χ0n) is 18.6. The molecule has 0 atom stereocenters. The first-order valence-electron chi connectivity index (χ1n) is 10.4. The van der Waals surface area contributed by atoms with Gasteiger partial charge in [-0.2, -0.15) is 0 Å². The van der Waals surface area contributed by atoms with Gasteiger partial charge in [0.1, 0.15) is 4.21 Å². The molecule has 0 saturated heterocycles. The Morgan fingerprint density at radius 3 is 2.03 bits per heavy atom. The molecule has 3 aromatic rings. The molecule has 0 spiro atoms. The first kappa shape index (κ1) is 24.4. The van der Waals surface area contributed by atoms with Crippen molar-refractivity contribution in [3.8, 4) is 17.2 Å². The normalized spacial score (nSPS) is 11.0. The van der Waals surface area contributed by atoms with Gasteiger partial charge in [-0.1, -0.05) is 18.2 Å². The highest BCUT2D eigenvalue weighted by Gasteiger charge is 2.21. The van der Waals surface area contributed by atoms with E-state index in [2.05, 4.69) is 10.0 Å². The maximum absolute atomic E-state index is 13.1. The molecular weight excluding hydrogens is 464 g/mol. The predicted octanol–water partition coefficient (Wildman–Crippen LogP) is 5.00.